The zero-order valence-corrected chi connectivity index (χ0v) is 13.1. The van der Waals surface area contributed by atoms with Gasteiger partial charge in [0.2, 0.25) is 0 Å². The lowest BCUT2D eigenvalue weighted by molar-refractivity contribution is -0.139. The smallest absolute Gasteiger partial charge is 0.321 e. The summed E-state index contributed by atoms with van der Waals surface area (Å²) in [5.74, 6) is 0.595. The van der Waals surface area contributed by atoms with Crippen molar-refractivity contribution in [1.82, 2.24) is 5.32 Å². The van der Waals surface area contributed by atoms with E-state index in [1.807, 2.05) is 24.3 Å². The summed E-state index contributed by atoms with van der Waals surface area (Å²) in [6.45, 7) is 0. The number of aliphatic carboxylic acids is 1. The Balaban J connectivity index is 1.76. The first-order chi connectivity index (χ1) is 10.1. The minimum atomic E-state index is -0.782. The lowest BCUT2D eigenvalue weighted by Gasteiger charge is -2.40. The maximum absolute atomic E-state index is 11.2. The van der Waals surface area contributed by atoms with Crippen LogP contribution in [0.2, 0.25) is 5.02 Å². The summed E-state index contributed by atoms with van der Waals surface area (Å²) in [6.07, 6.45) is 4.09. The van der Waals surface area contributed by atoms with Gasteiger partial charge in [-0.3, -0.25) is 10.1 Å². The molecule has 21 heavy (non-hydrogen) atoms. The maximum atomic E-state index is 11.2. The molecule has 1 heterocycles. The summed E-state index contributed by atoms with van der Waals surface area (Å²) in [5, 5.41) is 13.2. The van der Waals surface area contributed by atoms with E-state index in [1.54, 1.807) is 11.8 Å². The zero-order valence-electron chi connectivity index (χ0n) is 11.5. The number of carbonyl (C=O) groups is 1. The molecule has 0 aromatic heterocycles. The monoisotopic (exact) mass is 327 g/mol. The number of hydrogen-bond donors (Lipinski definition) is 2. The second-order valence-electron chi connectivity index (χ2n) is 5.54. The van der Waals surface area contributed by atoms with Gasteiger partial charge >= 0.3 is 5.97 Å². The van der Waals surface area contributed by atoms with Crippen LogP contribution in [0.5, 0.6) is 5.75 Å². The van der Waals surface area contributed by atoms with Gasteiger partial charge in [0.05, 0.1) is 0 Å². The molecule has 3 unspecified atom stereocenters. The molecule has 2 N–H and O–H groups in total. The van der Waals surface area contributed by atoms with Crippen molar-refractivity contribution in [3.63, 3.8) is 0 Å². The summed E-state index contributed by atoms with van der Waals surface area (Å²) in [4.78, 5) is 10.9. The van der Waals surface area contributed by atoms with Gasteiger partial charge in [-0.1, -0.05) is 18.0 Å². The highest BCUT2D eigenvalue weighted by Crippen LogP contribution is 2.44. The number of halogens is 1. The summed E-state index contributed by atoms with van der Waals surface area (Å²) in [6, 6.07) is 6.85. The highest BCUT2D eigenvalue weighted by molar-refractivity contribution is 8.01. The van der Waals surface area contributed by atoms with Crippen molar-refractivity contribution >= 4 is 29.3 Å². The molecular formula is C15H18ClNO3S. The molecule has 1 aromatic carbocycles. The molecule has 1 saturated carbocycles. The van der Waals surface area contributed by atoms with E-state index in [4.69, 9.17) is 16.3 Å². The predicted molar refractivity (Wildman–Crippen MR) is 84.1 cm³/mol. The third-order valence-corrected chi connectivity index (χ3v) is 5.95. The average Bonchev–Trinajstić information content (AvgIpc) is 2.89. The van der Waals surface area contributed by atoms with Crippen molar-refractivity contribution in [3.8, 4) is 5.75 Å². The molecule has 1 aliphatic heterocycles. The van der Waals surface area contributed by atoms with Crippen LogP contribution < -0.4 is 10.1 Å². The number of carboxylic acids is 1. The second-order valence-corrected chi connectivity index (χ2v) is 7.33. The molecule has 1 saturated heterocycles. The minimum absolute atomic E-state index is 0.0122. The van der Waals surface area contributed by atoms with Gasteiger partial charge in [0.1, 0.15) is 22.8 Å². The summed E-state index contributed by atoms with van der Waals surface area (Å²) >= 11 is 7.58. The molecule has 4 nitrogen and oxygen atoms in total. The van der Waals surface area contributed by atoms with Crippen LogP contribution in [-0.4, -0.2) is 33.8 Å². The fourth-order valence-electron chi connectivity index (χ4n) is 3.02. The van der Waals surface area contributed by atoms with E-state index in [0.717, 1.165) is 31.4 Å². The molecule has 0 radical (unpaired) electrons. The Morgan fingerprint density at radius 1 is 1.38 bits per heavy atom. The summed E-state index contributed by atoms with van der Waals surface area (Å²) in [7, 11) is 0. The van der Waals surface area contributed by atoms with E-state index in [1.165, 1.54) is 0 Å². The first-order valence-electron chi connectivity index (χ1n) is 7.16. The molecular weight excluding hydrogens is 310 g/mol. The van der Waals surface area contributed by atoms with Crippen LogP contribution in [0, 0.1) is 0 Å². The van der Waals surface area contributed by atoms with Gasteiger partial charge in [-0.25, -0.2) is 0 Å². The number of benzene rings is 1. The summed E-state index contributed by atoms with van der Waals surface area (Å²) in [5.41, 5.74) is 0. The SMILES string of the molecule is O=C(O)C1CSC2(CCCCC2Oc2ccc(Cl)cc2)N1. The number of hydrogen-bond acceptors (Lipinski definition) is 4. The van der Waals surface area contributed by atoms with Gasteiger partial charge in [0.25, 0.3) is 0 Å². The van der Waals surface area contributed by atoms with Crippen molar-refractivity contribution in [2.45, 2.75) is 42.7 Å². The third kappa shape index (κ3) is 3.15. The van der Waals surface area contributed by atoms with Gasteiger partial charge in [-0.05, 0) is 43.5 Å². The molecule has 3 atom stereocenters. The van der Waals surface area contributed by atoms with E-state index in [9.17, 15) is 9.90 Å². The molecule has 2 fully saturated rings. The van der Waals surface area contributed by atoms with Crippen molar-refractivity contribution in [2.24, 2.45) is 0 Å². The molecule has 0 amide bonds. The van der Waals surface area contributed by atoms with Gasteiger partial charge in [0.15, 0.2) is 0 Å². The molecule has 2 aliphatic rings. The largest absolute Gasteiger partial charge is 0.488 e. The first-order valence-corrected chi connectivity index (χ1v) is 8.52. The second kappa shape index (κ2) is 6.07. The van der Waals surface area contributed by atoms with Crippen molar-refractivity contribution in [2.75, 3.05) is 5.75 Å². The molecule has 6 heteroatoms. The van der Waals surface area contributed by atoms with E-state index in [2.05, 4.69) is 5.32 Å². The Morgan fingerprint density at radius 2 is 2.14 bits per heavy atom. The van der Waals surface area contributed by atoms with Crippen LogP contribution in [0.3, 0.4) is 0 Å². The van der Waals surface area contributed by atoms with Gasteiger partial charge in [-0.15, -0.1) is 11.8 Å². The van der Waals surface area contributed by atoms with E-state index in [0.29, 0.717) is 10.8 Å². The predicted octanol–water partition coefficient (Wildman–Crippen LogP) is 3.15. The summed E-state index contributed by atoms with van der Waals surface area (Å²) < 4.78 is 6.14. The van der Waals surface area contributed by atoms with Crippen LogP contribution in [-0.2, 0) is 4.79 Å². The third-order valence-electron chi connectivity index (χ3n) is 4.10. The maximum Gasteiger partial charge on any atom is 0.321 e. The van der Waals surface area contributed by atoms with Crippen molar-refractivity contribution in [1.29, 1.82) is 0 Å². The van der Waals surface area contributed by atoms with Crippen LogP contribution in [0.15, 0.2) is 24.3 Å². The topological polar surface area (TPSA) is 58.6 Å². The normalized spacial score (nSPS) is 32.2. The highest BCUT2D eigenvalue weighted by atomic mass is 35.5. The van der Waals surface area contributed by atoms with Gasteiger partial charge in [-0.2, -0.15) is 0 Å². The van der Waals surface area contributed by atoms with Crippen LogP contribution in [0.4, 0.5) is 0 Å². The molecule has 1 aromatic rings. The van der Waals surface area contributed by atoms with E-state index >= 15 is 0 Å². The number of thioether (sulfide) groups is 1. The lowest BCUT2D eigenvalue weighted by Crippen LogP contribution is -2.56. The van der Waals surface area contributed by atoms with Crippen LogP contribution in [0.25, 0.3) is 0 Å². The molecule has 1 spiro atoms. The molecule has 1 aliphatic carbocycles. The fourth-order valence-corrected chi connectivity index (χ4v) is 4.70. The number of rotatable bonds is 3. The van der Waals surface area contributed by atoms with Gasteiger partial charge in [0, 0.05) is 10.8 Å². The Hall–Kier alpha value is -0.910. The average molecular weight is 328 g/mol. The number of ether oxygens (including phenoxy) is 1. The standard InChI is InChI=1S/C15H18ClNO3S/c16-10-4-6-11(7-5-10)20-13-3-1-2-8-15(13)17-12(9-21-15)14(18)19/h4-7,12-13,17H,1-3,8-9H2,(H,18,19). The Labute approximate surface area is 133 Å². The number of nitrogens with one attached hydrogen (secondary N) is 1. The van der Waals surface area contributed by atoms with Gasteiger partial charge < -0.3 is 9.84 Å². The molecule has 0 bridgehead atoms. The Bertz CT molecular complexity index is 524. The zero-order chi connectivity index (χ0) is 14.9. The van der Waals surface area contributed by atoms with Crippen molar-refractivity contribution in [3.05, 3.63) is 29.3 Å². The van der Waals surface area contributed by atoms with E-state index < -0.39 is 12.0 Å². The molecule has 114 valence electrons. The Kier molecular flexibility index (Phi) is 4.33. The molecule has 3 rings (SSSR count). The Morgan fingerprint density at radius 3 is 2.81 bits per heavy atom. The first kappa shape index (κ1) is 15.0. The lowest BCUT2D eigenvalue weighted by atomic mass is 9.91. The minimum Gasteiger partial charge on any atom is -0.488 e. The van der Waals surface area contributed by atoms with E-state index in [-0.39, 0.29) is 11.0 Å². The fraction of sp³-hybridized carbons (Fsp3) is 0.533. The van der Waals surface area contributed by atoms with Crippen LogP contribution in [0.1, 0.15) is 25.7 Å². The quantitative estimate of drug-likeness (QED) is 0.893. The highest BCUT2D eigenvalue weighted by Gasteiger charge is 2.49. The number of carboxylic acid groups (broad SMARTS) is 1. The van der Waals surface area contributed by atoms with Crippen molar-refractivity contribution < 1.29 is 14.6 Å². The van der Waals surface area contributed by atoms with Crippen LogP contribution >= 0.6 is 23.4 Å².